The first-order chi connectivity index (χ1) is 21.2. The normalized spacial score (nSPS) is 20.1. The summed E-state index contributed by atoms with van der Waals surface area (Å²) in [5.41, 5.74) is 8.30. The molecule has 0 amide bonds. The van der Waals surface area contributed by atoms with Crippen LogP contribution in [0, 0.1) is 0 Å². The minimum atomic E-state index is -1.23. The summed E-state index contributed by atoms with van der Waals surface area (Å²) in [7, 11) is 0. The molecule has 1 aliphatic heterocycles. The van der Waals surface area contributed by atoms with Gasteiger partial charge in [-0.05, 0) is 62.6 Å². The van der Waals surface area contributed by atoms with E-state index in [1.807, 2.05) is 39.4 Å². The van der Waals surface area contributed by atoms with Crippen LogP contribution in [0.5, 0.6) is 0 Å². The molecule has 1 atom stereocenters. The molecule has 0 saturated heterocycles. The predicted octanol–water partition coefficient (Wildman–Crippen LogP) is 1.54. The first-order valence-corrected chi connectivity index (χ1v) is 15.5. The molecule has 0 bridgehead atoms. The molecule has 1 fully saturated rings. The molecular formula is C34H41KN5O5+. The van der Waals surface area contributed by atoms with Crippen LogP contribution in [0.15, 0.2) is 70.6 Å². The van der Waals surface area contributed by atoms with Gasteiger partial charge in [0.2, 0.25) is 0 Å². The van der Waals surface area contributed by atoms with Crippen molar-refractivity contribution < 1.29 is 71.2 Å². The van der Waals surface area contributed by atoms with Crippen LogP contribution in [-0.2, 0) is 22.4 Å². The second-order valence-corrected chi connectivity index (χ2v) is 12.4. The van der Waals surface area contributed by atoms with Crippen molar-refractivity contribution in [2.45, 2.75) is 89.9 Å². The van der Waals surface area contributed by atoms with Crippen LogP contribution < -0.4 is 62.4 Å². The van der Waals surface area contributed by atoms with E-state index in [0.29, 0.717) is 18.9 Å². The van der Waals surface area contributed by atoms with Crippen LogP contribution in [0.4, 0.5) is 0 Å². The summed E-state index contributed by atoms with van der Waals surface area (Å²) in [4.78, 5) is 23.4. The van der Waals surface area contributed by atoms with E-state index in [0.717, 1.165) is 77.7 Å². The van der Waals surface area contributed by atoms with Crippen LogP contribution in [0.25, 0.3) is 16.8 Å². The Kier molecular flexibility index (Phi) is 11.2. The number of aromatic nitrogens is 3. The molecule has 0 spiro atoms. The van der Waals surface area contributed by atoms with Crippen molar-refractivity contribution in [2.75, 3.05) is 6.61 Å². The van der Waals surface area contributed by atoms with E-state index in [4.69, 9.17) is 9.57 Å². The van der Waals surface area contributed by atoms with Gasteiger partial charge < -0.3 is 14.9 Å². The van der Waals surface area contributed by atoms with E-state index in [2.05, 4.69) is 46.8 Å². The average Bonchev–Trinajstić information content (AvgIpc) is 3.68. The molecule has 11 heteroatoms. The van der Waals surface area contributed by atoms with E-state index >= 15 is 0 Å². The Morgan fingerprint density at radius 1 is 1.04 bits per heavy atom. The van der Waals surface area contributed by atoms with Crippen LogP contribution in [0.1, 0.15) is 81.3 Å². The number of fused-ring (bicyclic) bond motifs is 1. The number of nitrogens with one attached hydrogen (secondary N) is 1. The third-order valence-corrected chi connectivity index (χ3v) is 8.45. The number of nitrogens with zero attached hydrogens (tertiary/aromatic N) is 4. The van der Waals surface area contributed by atoms with Crippen molar-refractivity contribution >= 4 is 11.5 Å². The van der Waals surface area contributed by atoms with Gasteiger partial charge in [-0.1, -0.05) is 61.9 Å². The minimum absolute atomic E-state index is 0. The van der Waals surface area contributed by atoms with Crippen molar-refractivity contribution in [3.05, 3.63) is 93.5 Å². The second-order valence-electron chi connectivity index (χ2n) is 12.4. The number of benzene rings is 2. The smallest absolute Gasteiger partial charge is 0.388 e. The number of aliphatic hydroxyl groups is 2. The number of aliphatic imine (C=N–C) groups is 1. The van der Waals surface area contributed by atoms with Crippen LogP contribution in [-0.4, -0.2) is 55.0 Å². The number of hydroxylamine groups is 1. The van der Waals surface area contributed by atoms with E-state index in [-0.39, 0.29) is 69.1 Å². The summed E-state index contributed by atoms with van der Waals surface area (Å²) in [6.45, 7) is 5.94. The quantitative estimate of drug-likeness (QED) is 0.225. The SMILES string of the molecule is CCCc1c(Cc2ccc(-c3ccccc3C3=NC(O)ON3)cc2)c(=O)n(C2CCC(OCC(C)(C)O)CC2)c2ccnn12.[K+]. The van der Waals surface area contributed by atoms with E-state index in [1.54, 1.807) is 20.0 Å². The first kappa shape index (κ1) is 34.1. The zero-order valence-electron chi connectivity index (χ0n) is 26.6. The minimum Gasteiger partial charge on any atom is -0.388 e. The van der Waals surface area contributed by atoms with Gasteiger partial charge in [0.05, 0.1) is 30.2 Å². The molecule has 0 radical (unpaired) electrons. The maximum absolute atomic E-state index is 14.3. The summed E-state index contributed by atoms with van der Waals surface area (Å²) in [6, 6.07) is 18.1. The van der Waals surface area contributed by atoms with Crippen molar-refractivity contribution in [1.29, 1.82) is 0 Å². The number of hydrogen-bond donors (Lipinski definition) is 3. The Bertz CT molecular complexity index is 1700. The van der Waals surface area contributed by atoms with Gasteiger partial charge in [0.15, 0.2) is 5.84 Å². The molecule has 232 valence electrons. The number of aryl methyl sites for hydroxylation is 1. The number of hydrogen-bond acceptors (Lipinski definition) is 8. The maximum atomic E-state index is 14.3. The van der Waals surface area contributed by atoms with Crippen LogP contribution >= 0.6 is 0 Å². The van der Waals surface area contributed by atoms with Gasteiger partial charge in [-0.15, -0.1) is 0 Å². The maximum Gasteiger partial charge on any atom is 1.00 e. The second kappa shape index (κ2) is 14.7. The number of aliphatic hydroxyl groups excluding tert-OH is 1. The molecule has 6 rings (SSSR count). The van der Waals surface area contributed by atoms with Gasteiger partial charge in [-0.3, -0.25) is 9.36 Å². The molecular weight excluding hydrogens is 598 g/mol. The van der Waals surface area contributed by atoms with E-state index in [9.17, 15) is 15.0 Å². The van der Waals surface area contributed by atoms with E-state index in [1.165, 1.54) is 0 Å². The molecule has 1 unspecified atom stereocenters. The fourth-order valence-electron chi connectivity index (χ4n) is 6.35. The van der Waals surface area contributed by atoms with Gasteiger partial charge in [0, 0.05) is 29.7 Å². The van der Waals surface area contributed by atoms with Crippen molar-refractivity contribution in [3.8, 4) is 11.1 Å². The van der Waals surface area contributed by atoms with Crippen molar-refractivity contribution in [1.82, 2.24) is 19.7 Å². The monoisotopic (exact) mass is 638 g/mol. The predicted molar refractivity (Wildman–Crippen MR) is 168 cm³/mol. The molecule has 4 aromatic rings. The molecule has 2 aromatic heterocycles. The van der Waals surface area contributed by atoms with Crippen LogP contribution in [0.2, 0.25) is 0 Å². The largest absolute Gasteiger partial charge is 1.00 e. The average molecular weight is 639 g/mol. The Balaban J connectivity index is 0.00000400. The zero-order valence-corrected chi connectivity index (χ0v) is 29.7. The number of amidine groups is 1. The third-order valence-electron chi connectivity index (χ3n) is 8.45. The van der Waals surface area contributed by atoms with Crippen LogP contribution in [0.3, 0.4) is 0 Å². The fourth-order valence-corrected chi connectivity index (χ4v) is 6.35. The van der Waals surface area contributed by atoms with Gasteiger partial charge in [0.1, 0.15) is 5.65 Å². The van der Waals surface area contributed by atoms with Crippen molar-refractivity contribution in [3.63, 3.8) is 0 Å². The van der Waals surface area contributed by atoms with Gasteiger partial charge in [-0.25, -0.2) is 19.8 Å². The molecule has 3 N–H and O–H groups in total. The molecule has 10 nitrogen and oxygen atoms in total. The zero-order chi connectivity index (χ0) is 30.8. The Hall–Kier alpha value is -2.19. The Morgan fingerprint density at radius 2 is 1.76 bits per heavy atom. The standard InChI is InChI=1S/C34H41N5O5.K/c1-4-7-29-28(20-22-10-12-23(13-11-22)26-8-5-6-9-27(26)31-36-33(41)44-37-31)32(40)38(30-18-19-35-39(29)30)24-14-16-25(17-15-24)43-21-34(2,3)42;/h5-6,8-13,18-19,24-25,33,41-42H,4,7,14-17,20-21H2,1-3H3,(H,36,37);/q;+1. The van der Waals surface area contributed by atoms with Crippen molar-refractivity contribution in [2.24, 2.45) is 4.99 Å². The molecule has 3 heterocycles. The van der Waals surface area contributed by atoms with Gasteiger partial charge in [-0.2, -0.15) is 5.10 Å². The summed E-state index contributed by atoms with van der Waals surface area (Å²) in [6.07, 6.45) is 6.17. The number of ether oxygens (including phenoxy) is 1. The van der Waals surface area contributed by atoms with E-state index < -0.39 is 12.0 Å². The first-order valence-electron chi connectivity index (χ1n) is 15.5. The Morgan fingerprint density at radius 3 is 2.40 bits per heavy atom. The molecule has 1 saturated carbocycles. The molecule has 2 aliphatic rings. The molecule has 2 aromatic carbocycles. The summed E-state index contributed by atoms with van der Waals surface area (Å²) in [5, 5.41) is 24.4. The topological polar surface area (TPSA) is 123 Å². The summed E-state index contributed by atoms with van der Waals surface area (Å²) < 4.78 is 9.92. The van der Waals surface area contributed by atoms with Gasteiger partial charge in [0.25, 0.3) is 12.0 Å². The number of rotatable bonds is 10. The third kappa shape index (κ3) is 7.69. The summed E-state index contributed by atoms with van der Waals surface area (Å²) in [5.74, 6) is 0.479. The molecule has 45 heavy (non-hydrogen) atoms. The Labute approximate surface area is 305 Å². The van der Waals surface area contributed by atoms with Gasteiger partial charge >= 0.3 is 51.4 Å². The summed E-state index contributed by atoms with van der Waals surface area (Å²) >= 11 is 0. The fraction of sp³-hybridized carbons (Fsp3) is 0.441. The molecule has 1 aliphatic carbocycles.